The predicted octanol–water partition coefficient (Wildman–Crippen LogP) is 2.56. The fourth-order valence-corrected chi connectivity index (χ4v) is 1.72. The molecule has 0 radical (unpaired) electrons. The summed E-state index contributed by atoms with van der Waals surface area (Å²) in [6, 6.07) is 1.25. The van der Waals surface area contributed by atoms with E-state index in [4.69, 9.17) is 0 Å². The molecule has 76 valence electrons. The van der Waals surface area contributed by atoms with Gasteiger partial charge in [0, 0.05) is 5.56 Å². The van der Waals surface area contributed by atoms with Crippen molar-refractivity contribution in [1.29, 1.82) is 0 Å². The Morgan fingerprint density at radius 2 is 1.79 bits per heavy atom. The average Bonchev–Trinajstić information content (AvgIpc) is 2.87. The van der Waals surface area contributed by atoms with Crippen LogP contribution in [-0.4, -0.2) is 5.11 Å². The minimum atomic E-state index is -0.973. The van der Waals surface area contributed by atoms with Crippen molar-refractivity contribution in [3.8, 4) is 0 Å². The normalized spacial score (nSPS) is 18.4. The zero-order valence-corrected chi connectivity index (χ0v) is 8.19. The molecular weight excluding hydrogens is 186 g/mol. The van der Waals surface area contributed by atoms with Crippen molar-refractivity contribution in [2.75, 3.05) is 0 Å². The van der Waals surface area contributed by atoms with E-state index in [-0.39, 0.29) is 5.56 Å². The molecule has 1 N–H and O–H groups in total. The van der Waals surface area contributed by atoms with Crippen LogP contribution >= 0.6 is 0 Å². The lowest BCUT2D eigenvalue weighted by molar-refractivity contribution is 0.149. The largest absolute Gasteiger partial charge is 0.385 e. The molecule has 0 heterocycles. The molecule has 0 unspecified atom stereocenters. The highest BCUT2D eigenvalue weighted by Crippen LogP contribution is 2.47. The van der Waals surface area contributed by atoms with Crippen LogP contribution in [0.5, 0.6) is 0 Å². The number of hydrogen-bond acceptors (Lipinski definition) is 1. The smallest absolute Gasteiger partial charge is 0.132 e. The Morgan fingerprint density at radius 1 is 1.21 bits per heavy atom. The second-order valence-corrected chi connectivity index (χ2v) is 4.00. The minimum absolute atomic E-state index is 0.0236. The van der Waals surface area contributed by atoms with Gasteiger partial charge in [0.2, 0.25) is 0 Å². The molecule has 14 heavy (non-hydrogen) atoms. The quantitative estimate of drug-likeness (QED) is 0.735. The van der Waals surface area contributed by atoms with Crippen molar-refractivity contribution in [2.45, 2.75) is 32.3 Å². The van der Waals surface area contributed by atoms with E-state index < -0.39 is 17.2 Å². The monoisotopic (exact) mass is 198 g/mol. The van der Waals surface area contributed by atoms with E-state index in [1.807, 2.05) is 0 Å². The van der Waals surface area contributed by atoms with Crippen molar-refractivity contribution in [1.82, 2.24) is 0 Å². The van der Waals surface area contributed by atoms with Gasteiger partial charge in [-0.05, 0) is 43.9 Å². The fourth-order valence-electron chi connectivity index (χ4n) is 1.72. The van der Waals surface area contributed by atoms with E-state index in [9.17, 15) is 13.9 Å². The van der Waals surface area contributed by atoms with E-state index in [0.29, 0.717) is 24.0 Å². The summed E-state index contributed by atoms with van der Waals surface area (Å²) in [6.45, 7) is 2.98. The van der Waals surface area contributed by atoms with Crippen LogP contribution in [0.3, 0.4) is 0 Å². The lowest BCUT2D eigenvalue weighted by Crippen LogP contribution is -2.10. The fraction of sp³-hybridized carbons (Fsp3) is 0.455. The lowest BCUT2D eigenvalue weighted by atomic mass is 9.98. The Morgan fingerprint density at radius 3 is 2.29 bits per heavy atom. The van der Waals surface area contributed by atoms with Gasteiger partial charge in [0.1, 0.15) is 11.6 Å². The topological polar surface area (TPSA) is 20.2 Å². The maximum Gasteiger partial charge on any atom is 0.132 e. The van der Waals surface area contributed by atoms with Gasteiger partial charge in [-0.15, -0.1) is 0 Å². The van der Waals surface area contributed by atoms with Crippen LogP contribution in [0.2, 0.25) is 0 Å². The molecule has 1 aliphatic rings. The van der Waals surface area contributed by atoms with Crippen molar-refractivity contribution in [2.24, 2.45) is 0 Å². The van der Waals surface area contributed by atoms with Gasteiger partial charge in [0.25, 0.3) is 0 Å². The van der Waals surface area contributed by atoms with Gasteiger partial charge in [-0.1, -0.05) is 0 Å². The molecule has 0 amide bonds. The number of halogens is 2. The first-order valence-electron chi connectivity index (χ1n) is 4.64. The van der Waals surface area contributed by atoms with E-state index >= 15 is 0 Å². The van der Waals surface area contributed by atoms with Crippen LogP contribution in [0.25, 0.3) is 0 Å². The zero-order valence-electron chi connectivity index (χ0n) is 8.19. The summed E-state index contributed by atoms with van der Waals surface area (Å²) >= 11 is 0. The van der Waals surface area contributed by atoms with Crippen molar-refractivity contribution in [3.63, 3.8) is 0 Å². The summed E-state index contributed by atoms with van der Waals surface area (Å²) in [4.78, 5) is 0. The maximum atomic E-state index is 13.5. The second kappa shape index (κ2) is 2.76. The van der Waals surface area contributed by atoms with E-state index in [2.05, 4.69) is 0 Å². The standard InChI is InChI=1S/C11H12F2O/c1-6-8(11(14)3-4-11)5-9(12)7(2)10(6)13/h5,14H,3-4H2,1-2H3. The van der Waals surface area contributed by atoms with Gasteiger partial charge < -0.3 is 5.11 Å². The highest BCUT2D eigenvalue weighted by molar-refractivity contribution is 5.39. The van der Waals surface area contributed by atoms with Crippen LogP contribution in [0.15, 0.2) is 6.07 Å². The average molecular weight is 198 g/mol. The van der Waals surface area contributed by atoms with Crippen LogP contribution in [-0.2, 0) is 5.60 Å². The van der Waals surface area contributed by atoms with Gasteiger partial charge in [-0.2, -0.15) is 0 Å². The molecular formula is C11H12F2O. The van der Waals surface area contributed by atoms with Crippen LogP contribution < -0.4 is 0 Å². The summed E-state index contributed by atoms with van der Waals surface area (Å²) in [6.07, 6.45) is 1.19. The van der Waals surface area contributed by atoms with Gasteiger partial charge >= 0.3 is 0 Å². The van der Waals surface area contributed by atoms with Gasteiger partial charge in [-0.3, -0.25) is 0 Å². The molecule has 0 spiro atoms. The lowest BCUT2D eigenvalue weighted by Gasteiger charge is -2.14. The summed E-state index contributed by atoms with van der Waals surface area (Å²) in [5.41, 5.74) is -0.183. The van der Waals surface area contributed by atoms with Crippen LogP contribution in [0.4, 0.5) is 8.78 Å². The Labute approximate surface area is 81.4 Å². The molecule has 1 fully saturated rings. The first-order valence-corrected chi connectivity index (χ1v) is 4.64. The molecule has 1 aliphatic carbocycles. The maximum absolute atomic E-state index is 13.5. The zero-order chi connectivity index (χ0) is 10.5. The predicted molar refractivity (Wildman–Crippen MR) is 49.0 cm³/mol. The van der Waals surface area contributed by atoms with Crippen LogP contribution in [0, 0.1) is 25.5 Å². The summed E-state index contributed by atoms with van der Waals surface area (Å²) in [5.74, 6) is -1.12. The molecule has 1 aromatic carbocycles. The number of hydrogen-bond donors (Lipinski definition) is 1. The van der Waals surface area contributed by atoms with Crippen LogP contribution in [0.1, 0.15) is 29.5 Å². The van der Waals surface area contributed by atoms with Crippen molar-refractivity contribution in [3.05, 3.63) is 34.4 Å². The molecule has 0 saturated heterocycles. The van der Waals surface area contributed by atoms with Crippen molar-refractivity contribution >= 4 is 0 Å². The first-order chi connectivity index (χ1) is 6.46. The minimum Gasteiger partial charge on any atom is -0.385 e. The summed E-state index contributed by atoms with van der Waals surface area (Å²) in [7, 11) is 0. The van der Waals surface area contributed by atoms with E-state index in [1.165, 1.54) is 13.0 Å². The second-order valence-electron chi connectivity index (χ2n) is 4.00. The molecule has 3 heteroatoms. The summed E-state index contributed by atoms with van der Waals surface area (Å²) < 4.78 is 26.7. The number of rotatable bonds is 1. The molecule has 0 aromatic heterocycles. The van der Waals surface area contributed by atoms with Crippen molar-refractivity contribution < 1.29 is 13.9 Å². The third-order valence-electron chi connectivity index (χ3n) is 2.92. The highest BCUT2D eigenvalue weighted by atomic mass is 19.1. The summed E-state index contributed by atoms with van der Waals surface area (Å²) in [5, 5.41) is 9.79. The highest BCUT2D eigenvalue weighted by Gasteiger charge is 2.44. The Bertz CT molecular complexity index is 395. The number of benzene rings is 1. The molecule has 1 saturated carbocycles. The third kappa shape index (κ3) is 1.23. The molecule has 0 bridgehead atoms. The molecule has 1 aromatic rings. The first kappa shape index (κ1) is 9.59. The van der Waals surface area contributed by atoms with Gasteiger partial charge in [-0.25, -0.2) is 8.78 Å². The Hall–Kier alpha value is -0.960. The van der Waals surface area contributed by atoms with Gasteiger partial charge in [0.05, 0.1) is 5.60 Å². The molecule has 0 atom stereocenters. The number of aliphatic hydroxyl groups is 1. The van der Waals surface area contributed by atoms with E-state index in [1.54, 1.807) is 6.92 Å². The molecule has 0 aliphatic heterocycles. The molecule has 2 rings (SSSR count). The Kier molecular flexibility index (Phi) is 1.89. The Balaban J connectivity index is 2.62. The van der Waals surface area contributed by atoms with E-state index in [0.717, 1.165) is 0 Å². The molecule has 1 nitrogen and oxygen atoms in total. The third-order valence-corrected chi connectivity index (χ3v) is 2.92. The van der Waals surface area contributed by atoms with Gasteiger partial charge in [0.15, 0.2) is 0 Å². The SMILES string of the molecule is Cc1c(F)cc(C2(O)CC2)c(C)c1F.